The molecule has 0 unspecified atom stereocenters. The first-order chi connectivity index (χ1) is 13.0. The number of aromatic nitrogens is 4. The average molecular weight is 360 g/mol. The lowest BCUT2D eigenvalue weighted by atomic mass is 9.83. The van der Waals surface area contributed by atoms with Crippen LogP contribution >= 0.6 is 0 Å². The van der Waals surface area contributed by atoms with Gasteiger partial charge in [-0.1, -0.05) is 6.92 Å². The summed E-state index contributed by atoms with van der Waals surface area (Å²) in [5.74, 6) is 1.12. The number of benzene rings is 1. The Hall–Kier alpha value is -3.44. The van der Waals surface area contributed by atoms with Gasteiger partial charge in [0.05, 0.1) is 16.9 Å². The first-order valence-electron chi connectivity index (χ1n) is 8.65. The highest BCUT2D eigenvalue weighted by molar-refractivity contribution is 5.76. The van der Waals surface area contributed by atoms with Gasteiger partial charge in [-0.25, -0.2) is 9.97 Å². The Morgan fingerprint density at radius 1 is 1.41 bits per heavy atom. The molecule has 3 aromatic rings. The van der Waals surface area contributed by atoms with Crippen LogP contribution in [0.1, 0.15) is 18.1 Å². The van der Waals surface area contributed by atoms with Gasteiger partial charge in [-0.15, -0.1) is 0 Å². The highest BCUT2D eigenvalue weighted by Crippen LogP contribution is 2.40. The molecule has 3 heterocycles. The van der Waals surface area contributed by atoms with Crippen LogP contribution in [0.25, 0.3) is 11.3 Å². The molecule has 1 aliphatic heterocycles. The van der Waals surface area contributed by atoms with Crippen LogP contribution in [-0.4, -0.2) is 32.8 Å². The SMILES string of the molecule is Cn1ccc(Nc2nccc(-c3cc(C#N)c4c(c3)[C@@](C)(CN)CN4)n2)n1. The van der Waals surface area contributed by atoms with Crippen LogP contribution in [-0.2, 0) is 12.5 Å². The molecular formula is C19H20N8. The molecule has 4 rings (SSSR count). The third kappa shape index (κ3) is 2.98. The van der Waals surface area contributed by atoms with Crippen LogP contribution in [0.2, 0.25) is 0 Å². The molecule has 4 N–H and O–H groups in total. The van der Waals surface area contributed by atoms with E-state index < -0.39 is 0 Å². The summed E-state index contributed by atoms with van der Waals surface area (Å²) in [6.07, 6.45) is 3.53. The Balaban J connectivity index is 1.75. The number of rotatable bonds is 4. The summed E-state index contributed by atoms with van der Waals surface area (Å²) >= 11 is 0. The molecule has 1 aliphatic rings. The number of fused-ring (bicyclic) bond motifs is 1. The quantitative estimate of drug-likeness (QED) is 0.652. The van der Waals surface area contributed by atoms with Crippen molar-refractivity contribution in [3.05, 3.63) is 47.8 Å². The normalized spacial score (nSPS) is 17.9. The fourth-order valence-electron chi connectivity index (χ4n) is 3.28. The third-order valence-corrected chi connectivity index (χ3v) is 4.92. The number of aryl methyl sites for hydroxylation is 1. The van der Waals surface area contributed by atoms with E-state index in [1.807, 2.05) is 31.4 Å². The topological polar surface area (TPSA) is 117 Å². The fraction of sp³-hybridized carbons (Fsp3) is 0.263. The Bertz CT molecular complexity index is 1050. The number of hydrogen-bond donors (Lipinski definition) is 3. The zero-order valence-electron chi connectivity index (χ0n) is 15.2. The summed E-state index contributed by atoms with van der Waals surface area (Å²) in [5, 5.41) is 20.3. The lowest BCUT2D eigenvalue weighted by Crippen LogP contribution is -2.33. The van der Waals surface area contributed by atoms with Gasteiger partial charge in [0.25, 0.3) is 0 Å². The van der Waals surface area contributed by atoms with Crippen molar-refractivity contribution in [2.45, 2.75) is 12.3 Å². The summed E-state index contributed by atoms with van der Waals surface area (Å²) in [6, 6.07) is 9.87. The summed E-state index contributed by atoms with van der Waals surface area (Å²) in [7, 11) is 1.85. The van der Waals surface area contributed by atoms with E-state index in [1.54, 1.807) is 10.9 Å². The summed E-state index contributed by atoms with van der Waals surface area (Å²) in [5.41, 5.74) is 9.91. The Morgan fingerprint density at radius 2 is 2.26 bits per heavy atom. The first kappa shape index (κ1) is 17.0. The van der Waals surface area contributed by atoms with Crippen LogP contribution < -0.4 is 16.4 Å². The minimum Gasteiger partial charge on any atom is -0.383 e. The van der Waals surface area contributed by atoms with Gasteiger partial charge in [-0.2, -0.15) is 10.4 Å². The van der Waals surface area contributed by atoms with E-state index >= 15 is 0 Å². The third-order valence-electron chi connectivity index (χ3n) is 4.92. The molecule has 0 radical (unpaired) electrons. The van der Waals surface area contributed by atoms with Gasteiger partial charge < -0.3 is 16.4 Å². The van der Waals surface area contributed by atoms with E-state index in [0.29, 0.717) is 30.4 Å². The van der Waals surface area contributed by atoms with E-state index in [-0.39, 0.29) is 5.41 Å². The molecule has 8 nitrogen and oxygen atoms in total. The first-order valence-corrected chi connectivity index (χ1v) is 8.65. The van der Waals surface area contributed by atoms with E-state index in [2.05, 4.69) is 44.8 Å². The predicted molar refractivity (Wildman–Crippen MR) is 104 cm³/mol. The van der Waals surface area contributed by atoms with Crippen LogP contribution in [0.5, 0.6) is 0 Å². The van der Waals surface area contributed by atoms with Gasteiger partial charge in [0.15, 0.2) is 5.82 Å². The standard InChI is InChI=1S/C19H20N8/c1-19(10-21)11-23-17-13(9-20)7-12(8-14(17)19)15-3-5-22-18(24-15)25-16-4-6-27(2)26-16/h3-8,23H,10-11,21H2,1-2H3,(H,22,24,25,26)/t19-/m0/s1. The smallest absolute Gasteiger partial charge is 0.228 e. The number of nitriles is 1. The van der Waals surface area contributed by atoms with Gasteiger partial charge in [-0.05, 0) is 23.8 Å². The number of nitrogens with zero attached hydrogens (tertiary/aromatic N) is 5. The molecule has 0 spiro atoms. The molecule has 2 aromatic heterocycles. The van der Waals surface area contributed by atoms with Crippen molar-refractivity contribution in [1.29, 1.82) is 5.26 Å². The van der Waals surface area contributed by atoms with E-state index in [1.165, 1.54) is 0 Å². The van der Waals surface area contributed by atoms with Gasteiger partial charge in [0, 0.05) is 49.6 Å². The van der Waals surface area contributed by atoms with Crippen LogP contribution in [0, 0.1) is 11.3 Å². The number of hydrogen-bond acceptors (Lipinski definition) is 7. The fourth-order valence-corrected chi connectivity index (χ4v) is 3.28. The Morgan fingerprint density at radius 3 is 2.96 bits per heavy atom. The molecule has 0 bridgehead atoms. The van der Waals surface area contributed by atoms with Crippen LogP contribution in [0.4, 0.5) is 17.5 Å². The lowest BCUT2D eigenvalue weighted by Gasteiger charge is -2.22. The molecule has 27 heavy (non-hydrogen) atoms. The highest BCUT2D eigenvalue weighted by atomic mass is 15.3. The summed E-state index contributed by atoms with van der Waals surface area (Å²) in [6.45, 7) is 3.32. The number of nitrogens with one attached hydrogen (secondary N) is 2. The van der Waals surface area contributed by atoms with E-state index in [9.17, 15) is 5.26 Å². The second kappa shape index (κ2) is 6.37. The zero-order chi connectivity index (χ0) is 19.0. The van der Waals surface area contributed by atoms with Crippen LogP contribution in [0.3, 0.4) is 0 Å². The van der Waals surface area contributed by atoms with Crippen molar-refractivity contribution < 1.29 is 0 Å². The summed E-state index contributed by atoms with van der Waals surface area (Å²) in [4.78, 5) is 8.85. The van der Waals surface area contributed by atoms with Gasteiger partial charge >= 0.3 is 0 Å². The molecule has 0 aliphatic carbocycles. The van der Waals surface area contributed by atoms with Crippen molar-refractivity contribution in [2.24, 2.45) is 12.8 Å². The molecule has 0 saturated heterocycles. The summed E-state index contributed by atoms with van der Waals surface area (Å²) < 4.78 is 1.70. The van der Waals surface area contributed by atoms with Crippen molar-refractivity contribution in [2.75, 3.05) is 23.7 Å². The predicted octanol–water partition coefficient (Wildman–Crippen LogP) is 2.13. The Kier molecular flexibility index (Phi) is 4.01. The maximum absolute atomic E-state index is 9.59. The van der Waals surface area contributed by atoms with Crippen LogP contribution in [0.15, 0.2) is 36.7 Å². The van der Waals surface area contributed by atoms with E-state index in [4.69, 9.17) is 5.73 Å². The van der Waals surface area contributed by atoms with Gasteiger partial charge in [-0.3, -0.25) is 4.68 Å². The second-order valence-corrected chi connectivity index (χ2v) is 6.94. The molecule has 1 aromatic carbocycles. The number of anilines is 3. The van der Waals surface area contributed by atoms with E-state index in [0.717, 1.165) is 22.5 Å². The molecule has 136 valence electrons. The second-order valence-electron chi connectivity index (χ2n) is 6.94. The minimum absolute atomic E-state index is 0.209. The highest BCUT2D eigenvalue weighted by Gasteiger charge is 2.35. The molecule has 0 fully saturated rings. The number of nitrogens with two attached hydrogens (primary N) is 1. The van der Waals surface area contributed by atoms with Gasteiger partial charge in [0.2, 0.25) is 5.95 Å². The molecule has 0 amide bonds. The lowest BCUT2D eigenvalue weighted by molar-refractivity contribution is 0.536. The maximum atomic E-state index is 9.59. The van der Waals surface area contributed by atoms with Crippen molar-refractivity contribution in [3.63, 3.8) is 0 Å². The molecule has 1 atom stereocenters. The van der Waals surface area contributed by atoms with Crippen molar-refractivity contribution in [3.8, 4) is 17.3 Å². The zero-order valence-corrected chi connectivity index (χ0v) is 15.2. The Labute approximate surface area is 157 Å². The molecule has 8 heteroatoms. The minimum atomic E-state index is -0.209. The monoisotopic (exact) mass is 360 g/mol. The average Bonchev–Trinajstić information content (AvgIpc) is 3.25. The van der Waals surface area contributed by atoms with Gasteiger partial charge in [0.1, 0.15) is 6.07 Å². The van der Waals surface area contributed by atoms with Crippen molar-refractivity contribution >= 4 is 17.5 Å². The van der Waals surface area contributed by atoms with Crippen molar-refractivity contribution in [1.82, 2.24) is 19.7 Å². The largest absolute Gasteiger partial charge is 0.383 e. The maximum Gasteiger partial charge on any atom is 0.228 e. The molecule has 0 saturated carbocycles. The molecular weight excluding hydrogens is 340 g/mol.